The van der Waals surface area contributed by atoms with Crippen LogP contribution in [0, 0.1) is 18.6 Å². The largest absolute Gasteiger partial charge is 0.381 e. The Morgan fingerprint density at radius 2 is 1.75 bits per heavy atom. The van der Waals surface area contributed by atoms with Crippen LogP contribution < -0.4 is 5.56 Å². The highest BCUT2D eigenvalue weighted by Gasteiger charge is 2.29. The number of benzene rings is 1. The number of hydrogen-bond donors (Lipinski definition) is 1. The lowest BCUT2D eigenvalue weighted by Crippen LogP contribution is -2.24. The van der Waals surface area contributed by atoms with Crippen molar-refractivity contribution in [3.8, 4) is 11.1 Å². The van der Waals surface area contributed by atoms with Crippen molar-refractivity contribution >= 4 is 0 Å². The minimum atomic E-state index is -0.738. The maximum absolute atomic E-state index is 14.3. The van der Waals surface area contributed by atoms with Crippen LogP contribution in [0.2, 0.25) is 0 Å². The van der Waals surface area contributed by atoms with Gasteiger partial charge in [-0.1, -0.05) is 6.07 Å². The van der Waals surface area contributed by atoms with Gasteiger partial charge >= 0.3 is 0 Å². The summed E-state index contributed by atoms with van der Waals surface area (Å²) in [5.74, 6) is -1.43. The van der Waals surface area contributed by atoms with E-state index >= 15 is 0 Å². The lowest BCUT2D eigenvalue weighted by Gasteiger charge is -2.29. The average Bonchev–Trinajstić information content (AvgIpc) is 2.58. The molecule has 0 bridgehead atoms. The quantitative estimate of drug-likeness (QED) is 0.931. The van der Waals surface area contributed by atoms with Crippen molar-refractivity contribution in [3.63, 3.8) is 0 Å². The summed E-state index contributed by atoms with van der Waals surface area (Å²) in [7, 11) is 1.69. The zero-order valence-corrected chi connectivity index (χ0v) is 13.7. The Hall–Kier alpha value is -2.08. The van der Waals surface area contributed by atoms with Crippen LogP contribution in [0.4, 0.5) is 8.78 Å². The van der Waals surface area contributed by atoms with E-state index in [1.165, 1.54) is 18.2 Å². The maximum Gasteiger partial charge on any atom is 0.272 e. The van der Waals surface area contributed by atoms with E-state index in [1.807, 2.05) is 0 Å². The van der Waals surface area contributed by atoms with Crippen LogP contribution in [0.3, 0.4) is 0 Å². The topological polar surface area (TPSA) is 55.0 Å². The summed E-state index contributed by atoms with van der Waals surface area (Å²) in [4.78, 5) is 12.4. The Balaban J connectivity index is 2.14. The number of halogens is 2. The number of aromatic amines is 1. The lowest BCUT2D eigenvalue weighted by atomic mass is 9.79. The van der Waals surface area contributed by atoms with E-state index in [-0.39, 0.29) is 23.1 Å². The lowest BCUT2D eigenvalue weighted by molar-refractivity contribution is 0.0658. The van der Waals surface area contributed by atoms with Crippen molar-refractivity contribution in [3.05, 3.63) is 51.4 Å². The van der Waals surface area contributed by atoms with Crippen molar-refractivity contribution in [2.75, 3.05) is 7.11 Å². The number of methoxy groups -OCH3 is 1. The van der Waals surface area contributed by atoms with Gasteiger partial charge in [0.05, 0.1) is 22.9 Å². The molecule has 1 heterocycles. The molecule has 4 nitrogen and oxygen atoms in total. The second-order valence-corrected chi connectivity index (χ2v) is 6.23. The van der Waals surface area contributed by atoms with Gasteiger partial charge in [-0.15, -0.1) is 0 Å². The van der Waals surface area contributed by atoms with Crippen molar-refractivity contribution in [1.29, 1.82) is 0 Å². The minimum absolute atomic E-state index is 0.0419. The van der Waals surface area contributed by atoms with Gasteiger partial charge in [0.15, 0.2) is 0 Å². The Bertz CT molecular complexity index is 776. The number of hydrogen-bond acceptors (Lipinski definition) is 3. The normalized spacial score (nSPS) is 21.0. The predicted molar refractivity (Wildman–Crippen MR) is 87.0 cm³/mol. The van der Waals surface area contributed by atoms with E-state index in [9.17, 15) is 13.6 Å². The average molecular weight is 334 g/mol. The van der Waals surface area contributed by atoms with E-state index in [4.69, 9.17) is 4.74 Å². The molecular weight excluding hydrogens is 314 g/mol. The van der Waals surface area contributed by atoms with Crippen LogP contribution >= 0.6 is 0 Å². The third-order valence-electron chi connectivity index (χ3n) is 4.84. The molecule has 24 heavy (non-hydrogen) atoms. The molecule has 0 saturated heterocycles. The number of rotatable bonds is 3. The Kier molecular flexibility index (Phi) is 4.76. The smallest absolute Gasteiger partial charge is 0.272 e. The molecule has 0 atom stereocenters. The fourth-order valence-electron chi connectivity index (χ4n) is 3.63. The first kappa shape index (κ1) is 16.8. The number of nitrogens with one attached hydrogen (secondary N) is 1. The fourth-order valence-corrected chi connectivity index (χ4v) is 3.63. The molecule has 2 aromatic rings. The van der Waals surface area contributed by atoms with E-state index in [2.05, 4.69) is 10.2 Å². The standard InChI is InChI=1S/C18H20F2N2O2/c1-10-15(11-6-8-12(24-2)9-7-11)17(18(23)22-21-10)16-13(19)4-3-5-14(16)20/h3-5,11-12H,6-9H2,1-2H3,(H,22,23). The zero-order valence-electron chi connectivity index (χ0n) is 13.7. The highest BCUT2D eigenvalue weighted by molar-refractivity contribution is 5.69. The van der Waals surface area contributed by atoms with Gasteiger partial charge in [0, 0.05) is 7.11 Å². The SMILES string of the molecule is COC1CCC(c2c(C)n[nH]c(=O)c2-c2c(F)cccc2F)CC1. The van der Waals surface area contributed by atoms with Gasteiger partial charge < -0.3 is 4.74 Å². The highest BCUT2D eigenvalue weighted by Crippen LogP contribution is 2.39. The molecule has 1 N–H and O–H groups in total. The monoisotopic (exact) mass is 334 g/mol. The summed E-state index contributed by atoms with van der Waals surface area (Å²) in [5, 5.41) is 6.38. The molecule has 1 aromatic heterocycles. The molecule has 1 saturated carbocycles. The molecular formula is C18H20F2N2O2. The highest BCUT2D eigenvalue weighted by atomic mass is 19.1. The van der Waals surface area contributed by atoms with Gasteiger partial charge in [-0.05, 0) is 56.2 Å². The third kappa shape index (κ3) is 2.98. The van der Waals surface area contributed by atoms with E-state index in [0.717, 1.165) is 25.7 Å². The molecule has 0 radical (unpaired) electrons. The zero-order chi connectivity index (χ0) is 17.3. The summed E-state index contributed by atoms with van der Waals surface area (Å²) in [6, 6.07) is 3.62. The van der Waals surface area contributed by atoms with E-state index < -0.39 is 17.2 Å². The Morgan fingerprint density at radius 3 is 2.33 bits per heavy atom. The summed E-state index contributed by atoms with van der Waals surface area (Å²) < 4.78 is 33.9. The molecule has 6 heteroatoms. The molecule has 1 aromatic carbocycles. The summed E-state index contributed by atoms with van der Waals surface area (Å²) in [6.07, 6.45) is 3.51. The third-order valence-corrected chi connectivity index (χ3v) is 4.84. The number of nitrogens with zero attached hydrogens (tertiary/aromatic N) is 1. The fraction of sp³-hybridized carbons (Fsp3) is 0.444. The van der Waals surface area contributed by atoms with E-state index in [0.29, 0.717) is 11.3 Å². The first-order valence-electron chi connectivity index (χ1n) is 8.09. The van der Waals surface area contributed by atoms with Crippen LogP contribution in [-0.4, -0.2) is 23.4 Å². The van der Waals surface area contributed by atoms with Crippen LogP contribution in [-0.2, 0) is 4.74 Å². The van der Waals surface area contributed by atoms with Crippen LogP contribution in [0.25, 0.3) is 11.1 Å². The molecule has 3 rings (SSSR count). The molecule has 0 amide bonds. The molecule has 1 fully saturated rings. The summed E-state index contributed by atoms with van der Waals surface area (Å²) in [5.41, 5.74) is 0.492. The first-order chi connectivity index (χ1) is 11.5. The molecule has 0 aliphatic heterocycles. The number of H-pyrrole nitrogens is 1. The molecule has 0 spiro atoms. The maximum atomic E-state index is 14.3. The number of aromatic nitrogens is 2. The second kappa shape index (κ2) is 6.81. The Morgan fingerprint density at radius 1 is 1.12 bits per heavy atom. The van der Waals surface area contributed by atoms with Gasteiger partial charge in [0.25, 0.3) is 5.56 Å². The van der Waals surface area contributed by atoms with Crippen LogP contribution in [0.15, 0.2) is 23.0 Å². The van der Waals surface area contributed by atoms with Gasteiger partial charge in [0.1, 0.15) is 11.6 Å². The molecule has 1 aliphatic rings. The van der Waals surface area contributed by atoms with Crippen molar-refractivity contribution in [2.24, 2.45) is 0 Å². The van der Waals surface area contributed by atoms with E-state index in [1.54, 1.807) is 14.0 Å². The number of ether oxygens (including phenoxy) is 1. The number of aryl methyl sites for hydroxylation is 1. The van der Waals surface area contributed by atoms with Gasteiger partial charge in [0.2, 0.25) is 0 Å². The van der Waals surface area contributed by atoms with Gasteiger partial charge in [-0.25, -0.2) is 13.9 Å². The van der Waals surface area contributed by atoms with Gasteiger partial charge in [-0.2, -0.15) is 5.10 Å². The predicted octanol–water partition coefficient (Wildman–Crippen LogP) is 3.70. The Labute approximate surface area is 138 Å². The van der Waals surface area contributed by atoms with Crippen LogP contribution in [0.5, 0.6) is 0 Å². The molecule has 1 aliphatic carbocycles. The molecule has 128 valence electrons. The first-order valence-corrected chi connectivity index (χ1v) is 8.09. The second-order valence-electron chi connectivity index (χ2n) is 6.23. The van der Waals surface area contributed by atoms with Crippen molar-refractivity contribution in [1.82, 2.24) is 10.2 Å². The molecule has 0 unspecified atom stereocenters. The van der Waals surface area contributed by atoms with Crippen molar-refractivity contribution < 1.29 is 13.5 Å². The van der Waals surface area contributed by atoms with Crippen LogP contribution in [0.1, 0.15) is 42.9 Å². The van der Waals surface area contributed by atoms with Gasteiger partial charge in [-0.3, -0.25) is 4.79 Å². The summed E-state index contributed by atoms with van der Waals surface area (Å²) in [6.45, 7) is 1.76. The minimum Gasteiger partial charge on any atom is -0.381 e. The summed E-state index contributed by atoms with van der Waals surface area (Å²) >= 11 is 0. The van der Waals surface area contributed by atoms with Crippen molar-refractivity contribution in [2.45, 2.75) is 44.6 Å².